The SMILES string of the molecule is CC[N]c1ccc(OC)c(OC)c1. The molecule has 71 valence electrons. The molecule has 0 atom stereocenters. The number of nitrogens with zero attached hydrogens (tertiary/aromatic N) is 1. The Balaban J connectivity index is 2.91. The molecule has 0 aliphatic rings. The van der Waals surface area contributed by atoms with Crippen LogP contribution in [0.4, 0.5) is 5.69 Å². The molecule has 1 rings (SSSR count). The smallest absolute Gasteiger partial charge is 0.162 e. The Bertz CT molecular complexity index is 274. The highest BCUT2D eigenvalue weighted by Crippen LogP contribution is 2.29. The topological polar surface area (TPSA) is 32.6 Å². The van der Waals surface area contributed by atoms with Gasteiger partial charge in [0, 0.05) is 12.6 Å². The molecule has 0 heterocycles. The van der Waals surface area contributed by atoms with Crippen molar-refractivity contribution in [1.29, 1.82) is 0 Å². The van der Waals surface area contributed by atoms with Gasteiger partial charge in [-0.3, -0.25) is 5.32 Å². The standard InChI is InChI=1S/C10H14NO2/c1-4-11-8-5-6-9(12-2)10(7-8)13-3/h5-7H,4H2,1-3H3. The monoisotopic (exact) mass is 180 g/mol. The van der Waals surface area contributed by atoms with Gasteiger partial charge in [-0.25, -0.2) is 0 Å². The third kappa shape index (κ3) is 2.28. The van der Waals surface area contributed by atoms with Gasteiger partial charge in [-0.05, 0) is 19.1 Å². The summed E-state index contributed by atoms with van der Waals surface area (Å²) in [6, 6.07) is 5.63. The molecule has 0 amide bonds. The van der Waals surface area contributed by atoms with E-state index in [4.69, 9.17) is 9.47 Å². The van der Waals surface area contributed by atoms with Gasteiger partial charge in [-0.15, -0.1) is 0 Å². The lowest BCUT2D eigenvalue weighted by Gasteiger charge is -2.08. The predicted octanol–water partition coefficient (Wildman–Crippen LogP) is 1.96. The zero-order chi connectivity index (χ0) is 9.68. The molecule has 0 bridgehead atoms. The zero-order valence-corrected chi connectivity index (χ0v) is 8.20. The first kappa shape index (κ1) is 9.71. The first-order valence-corrected chi connectivity index (χ1v) is 4.21. The second-order valence-electron chi connectivity index (χ2n) is 2.51. The van der Waals surface area contributed by atoms with Crippen molar-refractivity contribution in [3.8, 4) is 11.5 Å². The third-order valence-corrected chi connectivity index (χ3v) is 1.71. The van der Waals surface area contributed by atoms with Crippen LogP contribution in [-0.4, -0.2) is 20.8 Å². The highest BCUT2D eigenvalue weighted by molar-refractivity contribution is 5.50. The molecular weight excluding hydrogens is 166 g/mol. The van der Waals surface area contributed by atoms with E-state index in [0.29, 0.717) is 0 Å². The van der Waals surface area contributed by atoms with Gasteiger partial charge in [-0.1, -0.05) is 0 Å². The number of benzene rings is 1. The van der Waals surface area contributed by atoms with Crippen LogP contribution >= 0.6 is 0 Å². The van der Waals surface area contributed by atoms with Crippen LogP contribution in [0.2, 0.25) is 0 Å². The maximum absolute atomic E-state index is 5.14. The number of methoxy groups -OCH3 is 2. The van der Waals surface area contributed by atoms with Crippen molar-refractivity contribution in [1.82, 2.24) is 5.32 Å². The summed E-state index contributed by atoms with van der Waals surface area (Å²) in [6.45, 7) is 2.77. The van der Waals surface area contributed by atoms with E-state index < -0.39 is 0 Å². The van der Waals surface area contributed by atoms with Crippen LogP contribution in [0.25, 0.3) is 0 Å². The summed E-state index contributed by atoms with van der Waals surface area (Å²) in [5, 5.41) is 4.26. The van der Waals surface area contributed by atoms with Gasteiger partial charge in [-0.2, -0.15) is 0 Å². The van der Waals surface area contributed by atoms with Crippen LogP contribution in [0.5, 0.6) is 11.5 Å². The molecule has 0 unspecified atom stereocenters. The summed E-state index contributed by atoms with van der Waals surface area (Å²) < 4.78 is 10.2. The van der Waals surface area contributed by atoms with Crippen LogP contribution in [0.15, 0.2) is 18.2 Å². The highest BCUT2D eigenvalue weighted by atomic mass is 16.5. The second kappa shape index (κ2) is 4.60. The van der Waals surface area contributed by atoms with Crippen LogP contribution in [0.3, 0.4) is 0 Å². The Labute approximate surface area is 78.7 Å². The molecule has 0 saturated carbocycles. The summed E-state index contributed by atoms with van der Waals surface area (Å²) in [5.74, 6) is 1.45. The van der Waals surface area contributed by atoms with Gasteiger partial charge in [0.2, 0.25) is 0 Å². The molecular formula is C10H14NO2. The number of rotatable bonds is 4. The quantitative estimate of drug-likeness (QED) is 0.709. The third-order valence-electron chi connectivity index (χ3n) is 1.71. The molecule has 1 radical (unpaired) electrons. The summed E-state index contributed by atoms with van der Waals surface area (Å²) >= 11 is 0. The maximum atomic E-state index is 5.14. The molecule has 0 aliphatic carbocycles. The summed E-state index contributed by atoms with van der Waals surface area (Å²) in [6.07, 6.45) is 0. The summed E-state index contributed by atoms with van der Waals surface area (Å²) in [5.41, 5.74) is 0.917. The van der Waals surface area contributed by atoms with Gasteiger partial charge >= 0.3 is 0 Å². The molecule has 0 aliphatic heterocycles. The van der Waals surface area contributed by atoms with Gasteiger partial charge < -0.3 is 9.47 Å². The van der Waals surface area contributed by atoms with E-state index in [0.717, 1.165) is 23.7 Å². The van der Waals surface area contributed by atoms with E-state index in [1.807, 2.05) is 25.1 Å². The fourth-order valence-electron chi connectivity index (χ4n) is 1.11. The fourth-order valence-corrected chi connectivity index (χ4v) is 1.11. The van der Waals surface area contributed by atoms with Gasteiger partial charge in [0.25, 0.3) is 0 Å². The largest absolute Gasteiger partial charge is 0.493 e. The highest BCUT2D eigenvalue weighted by Gasteiger charge is 2.03. The van der Waals surface area contributed by atoms with Gasteiger partial charge in [0.15, 0.2) is 11.5 Å². The zero-order valence-electron chi connectivity index (χ0n) is 8.20. The molecule has 0 N–H and O–H groups in total. The number of ether oxygens (including phenoxy) is 2. The second-order valence-corrected chi connectivity index (χ2v) is 2.51. The number of hydrogen-bond acceptors (Lipinski definition) is 2. The first-order valence-electron chi connectivity index (χ1n) is 4.21. The Morgan fingerprint density at radius 2 is 1.85 bits per heavy atom. The van der Waals surface area contributed by atoms with Crippen molar-refractivity contribution in [3.05, 3.63) is 18.2 Å². The molecule has 0 aromatic heterocycles. The lowest BCUT2D eigenvalue weighted by Crippen LogP contribution is -1.96. The summed E-state index contributed by atoms with van der Waals surface area (Å²) in [4.78, 5) is 0. The van der Waals surface area contributed by atoms with E-state index in [9.17, 15) is 0 Å². The Morgan fingerprint density at radius 3 is 2.38 bits per heavy atom. The molecule has 0 saturated heterocycles. The van der Waals surface area contributed by atoms with Crippen molar-refractivity contribution < 1.29 is 9.47 Å². The van der Waals surface area contributed by atoms with Gasteiger partial charge in [0.05, 0.1) is 19.9 Å². The predicted molar refractivity (Wildman–Crippen MR) is 51.9 cm³/mol. The average Bonchev–Trinajstić information content (AvgIpc) is 2.18. The van der Waals surface area contributed by atoms with Crippen LogP contribution in [0, 0.1) is 0 Å². The van der Waals surface area contributed by atoms with Crippen LogP contribution in [-0.2, 0) is 0 Å². The van der Waals surface area contributed by atoms with E-state index in [2.05, 4.69) is 5.32 Å². The van der Waals surface area contributed by atoms with E-state index in [1.165, 1.54) is 0 Å². The van der Waals surface area contributed by atoms with E-state index in [1.54, 1.807) is 14.2 Å². The van der Waals surface area contributed by atoms with Gasteiger partial charge in [0.1, 0.15) is 0 Å². The molecule has 1 aromatic carbocycles. The first-order chi connectivity index (χ1) is 6.31. The maximum Gasteiger partial charge on any atom is 0.162 e. The Hall–Kier alpha value is -1.38. The molecule has 0 spiro atoms. The molecule has 0 fully saturated rings. The molecule has 3 nitrogen and oxygen atoms in total. The summed E-state index contributed by atoms with van der Waals surface area (Å²) in [7, 11) is 3.24. The van der Waals surface area contributed by atoms with E-state index >= 15 is 0 Å². The van der Waals surface area contributed by atoms with Crippen molar-refractivity contribution in [3.63, 3.8) is 0 Å². The van der Waals surface area contributed by atoms with Crippen LogP contribution in [0.1, 0.15) is 6.92 Å². The Morgan fingerprint density at radius 1 is 1.15 bits per heavy atom. The van der Waals surface area contributed by atoms with Crippen molar-refractivity contribution in [2.24, 2.45) is 0 Å². The molecule has 3 heteroatoms. The minimum Gasteiger partial charge on any atom is -0.493 e. The number of hydrogen-bond donors (Lipinski definition) is 0. The van der Waals surface area contributed by atoms with Crippen molar-refractivity contribution in [2.75, 3.05) is 20.8 Å². The fraction of sp³-hybridized carbons (Fsp3) is 0.400. The minimum absolute atomic E-state index is 0.720. The van der Waals surface area contributed by atoms with E-state index in [-0.39, 0.29) is 0 Å². The van der Waals surface area contributed by atoms with Crippen LogP contribution < -0.4 is 14.8 Å². The molecule has 1 aromatic rings. The normalized spacial score (nSPS) is 9.46. The molecule has 13 heavy (non-hydrogen) atoms. The minimum atomic E-state index is 0.720. The van der Waals surface area contributed by atoms with Crippen molar-refractivity contribution >= 4 is 5.69 Å². The Kier molecular flexibility index (Phi) is 3.43. The van der Waals surface area contributed by atoms with Crippen molar-refractivity contribution in [2.45, 2.75) is 6.92 Å². The lowest BCUT2D eigenvalue weighted by molar-refractivity contribution is 0.355. The average molecular weight is 180 g/mol. The lowest BCUT2D eigenvalue weighted by atomic mass is 10.2.